The molecule has 2 rings (SSSR count). The molecule has 7 nitrogen and oxygen atoms in total. The molecule has 1 aromatic carbocycles. The number of ether oxygens (including phenoxy) is 1. The minimum absolute atomic E-state index is 0.0849. The molecule has 1 saturated carbocycles. The van der Waals surface area contributed by atoms with Crippen molar-refractivity contribution in [2.75, 3.05) is 0 Å². The summed E-state index contributed by atoms with van der Waals surface area (Å²) in [6.45, 7) is 16.3. The van der Waals surface area contributed by atoms with Gasteiger partial charge in [0.2, 0.25) is 0 Å². The molecule has 1 aromatic rings. The Labute approximate surface area is 236 Å². The summed E-state index contributed by atoms with van der Waals surface area (Å²) < 4.78 is 12.6. The summed E-state index contributed by atoms with van der Waals surface area (Å²) in [5.74, 6) is -1.15. The van der Waals surface area contributed by atoms with Crippen LogP contribution in [0.2, 0.25) is 18.1 Å². The molecule has 39 heavy (non-hydrogen) atoms. The fourth-order valence-corrected chi connectivity index (χ4v) is 6.32. The average Bonchev–Trinajstić information content (AvgIpc) is 2.81. The molecule has 3 atom stereocenters. The Kier molecular flexibility index (Phi) is 11.6. The third-order valence-corrected chi connectivity index (χ3v) is 12.7. The lowest BCUT2D eigenvalue weighted by molar-refractivity contribution is -0.142. The topological polar surface area (TPSA) is 109 Å². The highest BCUT2D eigenvalue weighted by Crippen LogP contribution is 2.39. The molecule has 8 heteroatoms. The second-order valence-electron chi connectivity index (χ2n) is 13.7. The standard InChI is InChI=1S/C31H50N2O5Si/c1-30(2,3)37-29(36)33-26(19-22-12-10-9-11-13-22)27(38-39(7,8)31(4,5)6)20-25(28(34)35)18-23-14-16-24(21-32)17-15-23/h14-17,22,25-27H,9-13,18-20H2,1-8H3,(H,33,36)(H,34,35)/t25-,26+,27+/m1/s1. The number of hydrogen-bond acceptors (Lipinski definition) is 5. The van der Waals surface area contributed by atoms with E-state index >= 15 is 0 Å². The second kappa shape index (κ2) is 13.8. The molecule has 218 valence electrons. The van der Waals surface area contributed by atoms with E-state index in [4.69, 9.17) is 14.4 Å². The van der Waals surface area contributed by atoms with Crippen molar-refractivity contribution in [2.45, 2.75) is 129 Å². The third-order valence-electron chi connectivity index (χ3n) is 8.15. The van der Waals surface area contributed by atoms with E-state index in [2.05, 4.69) is 45.3 Å². The number of nitriles is 1. The molecule has 1 fully saturated rings. The Bertz CT molecular complexity index is 982. The number of carbonyl (C=O) groups excluding carboxylic acids is 1. The largest absolute Gasteiger partial charge is 0.481 e. The van der Waals surface area contributed by atoms with Gasteiger partial charge in [-0.3, -0.25) is 4.79 Å². The van der Waals surface area contributed by atoms with Gasteiger partial charge in [-0.1, -0.05) is 65.0 Å². The van der Waals surface area contributed by atoms with Crippen LogP contribution in [0.5, 0.6) is 0 Å². The predicted molar refractivity (Wildman–Crippen MR) is 157 cm³/mol. The molecular formula is C31H50N2O5Si. The summed E-state index contributed by atoms with van der Waals surface area (Å²) in [4.78, 5) is 25.6. The van der Waals surface area contributed by atoms with Crippen molar-refractivity contribution in [1.29, 1.82) is 5.26 Å². The Morgan fingerprint density at radius 1 is 1.08 bits per heavy atom. The normalized spacial score (nSPS) is 17.5. The summed E-state index contributed by atoms with van der Waals surface area (Å²) in [7, 11) is -2.32. The minimum Gasteiger partial charge on any atom is -0.481 e. The Balaban J connectivity index is 2.42. The SMILES string of the molecule is CC(C)(C)OC(=O)N[C@@H](CC1CCCCC1)[C@H](C[C@@H](Cc1ccc(C#N)cc1)C(=O)O)O[Si](C)(C)C(C)(C)C. The molecule has 1 aliphatic carbocycles. The number of nitrogens with zero attached hydrogens (tertiary/aromatic N) is 1. The van der Waals surface area contributed by atoms with Crippen LogP contribution in [0.3, 0.4) is 0 Å². The number of amides is 1. The van der Waals surface area contributed by atoms with Crippen LogP contribution in [0.15, 0.2) is 24.3 Å². The van der Waals surface area contributed by atoms with Crippen LogP contribution >= 0.6 is 0 Å². The van der Waals surface area contributed by atoms with E-state index < -0.39 is 38.0 Å². The molecule has 0 spiro atoms. The van der Waals surface area contributed by atoms with Gasteiger partial charge in [-0.05, 0) is 81.8 Å². The molecule has 1 aliphatic rings. The first-order valence-corrected chi connectivity index (χ1v) is 17.3. The van der Waals surface area contributed by atoms with Gasteiger partial charge in [0.05, 0.1) is 29.7 Å². The van der Waals surface area contributed by atoms with Gasteiger partial charge < -0.3 is 19.6 Å². The van der Waals surface area contributed by atoms with Crippen molar-refractivity contribution in [1.82, 2.24) is 5.32 Å². The molecule has 0 unspecified atom stereocenters. The van der Waals surface area contributed by atoms with E-state index in [0.717, 1.165) is 24.8 Å². The second-order valence-corrected chi connectivity index (χ2v) is 18.4. The molecule has 0 radical (unpaired) electrons. The summed E-state index contributed by atoms with van der Waals surface area (Å²) in [5, 5.41) is 22.4. The zero-order valence-electron chi connectivity index (χ0n) is 25.3. The maximum absolute atomic E-state index is 13.0. The summed E-state index contributed by atoms with van der Waals surface area (Å²) in [6.07, 6.45) is 6.15. The van der Waals surface area contributed by atoms with Gasteiger partial charge in [-0.2, -0.15) is 5.26 Å². The minimum atomic E-state index is -2.32. The number of aliphatic carboxylic acids is 1. The van der Waals surface area contributed by atoms with Crippen LogP contribution in [0.25, 0.3) is 0 Å². The lowest BCUT2D eigenvalue weighted by Gasteiger charge is -2.43. The first kappa shape index (κ1) is 32.8. The van der Waals surface area contributed by atoms with Gasteiger partial charge in [0, 0.05) is 0 Å². The highest BCUT2D eigenvalue weighted by atomic mass is 28.4. The van der Waals surface area contributed by atoms with Gasteiger partial charge in [0.25, 0.3) is 0 Å². The molecule has 1 amide bonds. The number of carbonyl (C=O) groups is 2. The molecule has 0 heterocycles. The van der Waals surface area contributed by atoms with E-state index in [1.54, 1.807) is 12.1 Å². The fraction of sp³-hybridized carbons (Fsp3) is 0.710. The van der Waals surface area contributed by atoms with Crippen molar-refractivity contribution >= 4 is 20.4 Å². The highest BCUT2D eigenvalue weighted by Gasteiger charge is 2.43. The van der Waals surface area contributed by atoms with Crippen LogP contribution in [0.1, 0.15) is 97.6 Å². The van der Waals surface area contributed by atoms with Gasteiger partial charge in [-0.25, -0.2) is 4.79 Å². The number of nitrogens with one attached hydrogen (secondary N) is 1. The van der Waals surface area contributed by atoms with Gasteiger partial charge in [0.1, 0.15) is 5.60 Å². The average molecular weight is 559 g/mol. The van der Waals surface area contributed by atoms with E-state index in [1.807, 2.05) is 32.9 Å². The van der Waals surface area contributed by atoms with Crippen LogP contribution in [0, 0.1) is 23.2 Å². The Morgan fingerprint density at radius 2 is 1.67 bits per heavy atom. The number of hydrogen-bond donors (Lipinski definition) is 2. The lowest BCUT2D eigenvalue weighted by Crippen LogP contribution is -2.54. The van der Waals surface area contributed by atoms with E-state index in [9.17, 15) is 14.7 Å². The molecule has 0 aliphatic heterocycles. The number of alkyl carbamates (subject to hydrolysis) is 1. The summed E-state index contributed by atoms with van der Waals surface area (Å²) >= 11 is 0. The van der Waals surface area contributed by atoms with Crippen molar-refractivity contribution in [3.05, 3.63) is 35.4 Å². The van der Waals surface area contributed by atoms with Crippen LogP contribution in [0.4, 0.5) is 4.79 Å². The van der Waals surface area contributed by atoms with Gasteiger partial charge in [-0.15, -0.1) is 0 Å². The van der Waals surface area contributed by atoms with E-state index in [0.29, 0.717) is 17.9 Å². The summed E-state index contributed by atoms with van der Waals surface area (Å²) in [6, 6.07) is 8.81. The zero-order valence-corrected chi connectivity index (χ0v) is 26.3. The molecule has 2 N–H and O–H groups in total. The van der Waals surface area contributed by atoms with Gasteiger partial charge in [0.15, 0.2) is 8.32 Å². The van der Waals surface area contributed by atoms with E-state index in [1.165, 1.54) is 19.3 Å². The summed E-state index contributed by atoms with van der Waals surface area (Å²) in [5.41, 5.74) is 0.754. The molecular weight excluding hydrogens is 508 g/mol. The lowest BCUT2D eigenvalue weighted by atomic mass is 9.82. The van der Waals surface area contributed by atoms with Crippen LogP contribution in [-0.4, -0.2) is 43.2 Å². The predicted octanol–water partition coefficient (Wildman–Crippen LogP) is 7.45. The number of carboxylic acids is 1. The monoisotopic (exact) mass is 558 g/mol. The quantitative estimate of drug-likeness (QED) is 0.273. The van der Waals surface area contributed by atoms with Crippen molar-refractivity contribution in [2.24, 2.45) is 11.8 Å². The Hall–Kier alpha value is -2.37. The van der Waals surface area contributed by atoms with Crippen LogP contribution in [-0.2, 0) is 20.4 Å². The molecule has 0 aromatic heterocycles. The number of rotatable bonds is 11. The zero-order chi connectivity index (χ0) is 29.4. The fourth-order valence-electron chi connectivity index (χ4n) is 4.95. The third kappa shape index (κ3) is 11.0. The van der Waals surface area contributed by atoms with Crippen molar-refractivity contribution in [3.63, 3.8) is 0 Å². The van der Waals surface area contributed by atoms with E-state index in [-0.39, 0.29) is 17.5 Å². The first-order valence-electron chi connectivity index (χ1n) is 14.4. The van der Waals surface area contributed by atoms with Crippen molar-refractivity contribution in [3.8, 4) is 6.07 Å². The Morgan fingerprint density at radius 3 is 2.15 bits per heavy atom. The smallest absolute Gasteiger partial charge is 0.407 e. The molecule has 0 saturated heterocycles. The van der Waals surface area contributed by atoms with Crippen LogP contribution < -0.4 is 5.32 Å². The maximum atomic E-state index is 13.0. The van der Waals surface area contributed by atoms with Gasteiger partial charge >= 0.3 is 12.1 Å². The maximum Gasteiger partial charge on any atom is 0.407 e. The first-order chi connectivity index (χ1) is 18.0. The molecule has 0 bridgehead atoms. The van der Waals surface area contributed by atoms with Crippen molar-refractivity contribution < 1.29 is 23.9 Å². The highest BCUT2D eigenvalue weighted by molar-refractivity contribution is 6.74. The number of carboxylic acid groups (broad SMARTS) is 1. The number of benzene rings is 1.